The summed E-state index contributed by atoms with van der Waals surface area (Å²) in [5.74, 6) is 0. The van der Waals surface area contributed by atoms with Gasteiger partial charge in [-0.25, -0.2) is 0 Å². The summed E-state index contributed by atoms with van der Waals surface area (Å²) in [6.45, 7) is 5.16. The quantitative estimate of drug-likeness (QED) is 0.629. The molecule has 0 aliphatic carbocycles. The zero-order valence-electron chi connectivity index (χ0n) is 7.83. The monoisotopic (exact) mass is 172 g/mol. The molecule has 12 heavy (non-hydrogen) atoms. The van der Waals surface area contributed by atoms with Crippen LogP contribution in [0.4, 0.5) is 0 Å². The lowest BCUT2D eigenvalue weighted by molar-refractivity contribution is -0.140. The second kappa shape index (κ2) is 2.82. The second-order valence-electron chi connectivity index (χ2n) is 4.23. The molecule has 1 aliphatic rings. The lowest BCUT2D eigenvalue weighted by Gasteiger charge is -2.27. The molecular formula is C9H16O3. The van der Waals surface area contributed by atoms with Crippen molar-refractivity contribution in [3.05, 3.63) is 0 Å². The van der Waals surface area contributed by atoms with Crippen LogP contribution in [0, 0.1) is 0 Å². The van der Waals surface area contributed by atoms with E-state index in [0.29, 0.717) is 6.42 Å². The van der Waals surface area contributed by atoms with Crippen LogP contribution in [0.3, 0.4) is 0 Å². The third-order valence-corrected chi connectivity index (χ3v) is 2.35. The third kappa shape index (κ3) is 1.84. The minimum Gasteiger partial charge on any atom is -0.388 e. The summed E-state index contributed by atoms with van der Waals surface area (Å²) < 4.78 is 5.44. The van der Waals surface area contributed by atoms with Crippen molar-refractivity contribution in [2.24, 2.45) is 0 Å². The molecule has 1 heterocycles. The Labute approximate surface area is 72.7 Å². The van der Waals surface area contributed by atoms with Gasteiger partial charge in [0.25, 0.3) is 0 Å². The van der Waals surface area contributed by atoms with Crippen LogP contribution in [0.2, 0.25) is 0 Å². The molecule has 0 aromatic heterocycles. The van der Waals surface area contributed by atoms with Crippen molar-refractivity contribution in [3.8, 4) is 0 Å². The summed E-state index contributed by atoms with van der Waals surface area (Å²) >= 11 is 0. The smallest absolute Gasteiger partial charge is 0.151 e. The van der Waals surface area contributed by atoms with Crippen LogP contribution >= 0.6 is 0 Å². The number of rotatable bonds is 2. The summed E-state index contributed by atoms with van der Waals surface area (Å²) in [4.78, 5) is 10.6. The average molecular weight is 172 g/mol. The lowest BCUT2D eigenvalue weighted by Crippen LogP contribution is -2.38. The van der Waals surface area contributed by atoms with E-state index in [1.54, 1.807) is 20.8 Å². The number of aliphatic hydroxyl groups is 1. The minimum absolute atomic E-state index is 0.215. The maximum Gasteiger partial charge on any atom is 0.151 e. The Morgan fingerprint density at radius 2 is 2.25 bits per heavy atom. The Balaban J connectivity index is 2.63. The van der Waals surface area contributed by atoms with Gasteiger partial charge in [0.05, 0.1) is 11.7 Å². The molecule has 0 bridgehead atoms. The number of ether oxygens (including phenoxy) is 1. The Morgan fingerprint density at radius 3 is 2.50 bits per heavy atom. The standard InChI is InChI=1S/C9H16O3/c1-8(2,11)7-4-5-9(3,6-10)12-7/h6-7,11H,4-5H2,1-3H3/t7-,9-/m0/s1. The SMILES string of the molecule is CC(C)(O)[C@@H]1CC[C@@](C)(C=O)O1. The van der Waals surface area contributed by atoms with E-state index >= 15 is 0 Å². The summed E-state index contributed by atoms with van der Waals surface area (Å²) in [7, 11) is 0. The molecule has 0 spiro atoms. The molecule has 0 saturated carbocycles. The van der Waals surface area contributed by atoms with Gasteiger partial charge >= 0.3 is 0 Å². The molecule has 0 unspecified atom stereocenters. The van der Waals surface area contributed by atoms with Crippen molar-refractivity contribution in [1.29, 1.82) is 0 Å². The van der Waals surface area contributed by atoms with Crippen molar-refractivity contribution in [2.75, 3.05) is 0 Å². The van der Waals surface area contributed by atoms with E-state index in [0.717, 1.165) is 12.7 Å². The lowest BCUT2D eigenvalue weighted by atomic mass is 9.97. The normalized spacial score (nSPS) is 36.8. The molecule has 0 radical (unpaired) electrons. The molecular weight excluding hydrogens is 156 g/mol. The van der Waals surface area contributed by atoms with Gasteiger partial charge in [-0.3, -0.25) is 0 Å². The first kappa shape index (κ1) is 9.68. The number of carbonyl (C=O) groups is 1. The highest BCUT2D eigenvalue weighted by atomic mass is 16.5. The topological polar surface area (TPSA) is 46.5 Å². The highest BCUT2D eigenvalue weighted by Gasteiger charge is 2.42. The molecule has 70 valence electrons. The number of aldehydes is 1. The molecule has 1 saturated heterocycles. The van der Waals surface area contributed by atoms with Crippen LogP contribution in [0.1, 0.15) is 33.6 Å². The Hall–Kier alpha value is -0.410. The van der Waals surface area contributed by atoms with Gasteiger partial charge < -0.3 is 14.6 Å². The average Bonchev–Trinajstić information content (AvgIpc) is 2.32. The predicted molar refractivity (Wildman–Crippen MR) is 44.9 cm³/mol. The zero-order valence-corrected chi connectivity index (χ0v) is 7.83. The fourth-order valence-corrected chi connectivity index (χ4v) is 1.44. The third-order valence-electron chi connectivity index (χ3n) is 2.35. The van der Waals surface area contributed by atoms with Crippen LogP contribution in [0.25, 0.3) is 0 Å². The van der Waals surface area contributed by atoms with Gasteiger partial charge in [-0.15, -0.1) is 0 Å². The van der Waals surface area contributed by atoms with Gasteiger partial charge in [0.2, 0.25) is 0 Å². The largest absolute Gasteiger partial charge is 0.388 e. The van der Waals surface area contributed by atoms with Gasteiger partial charge in [0.15, 0.2) is 6.29 Å². The number of carbonyl (C=O) groups excluding carboxylic acids is 1. The molecule has 0 aromatic rings. The van der Waals surface area contributed by atoms with E-state index < -0.39 is 11.2 Å². The number of hydrogen-bond acceptors (Lipinski definition) is 3. The fraction of sp³-hybridized carbons (Fsp3) is 0.889. The Morgan fingerprint density at radius 1 is 1.67 bits per heavy atom. The van der Waals surface area contributed by atoms with Crippen LogP contribution in [-0.4, -0.2) is 28.7 Å². The van der Waals surface area contributed by atoms with Crippen molar-refractivity contribution < 1.29 is 14.6 Å². The van der Waals surface area contributed by atoms with E-state index in [9.17, 15) is 9.90 Å². The van der Waals surface area contributed by atoms with Crippen molar-refractivity contribution >= 4 is 6.29 Å². The van der Waals surface area contributed by atoms with Crippen molar-refractivity contribution in [3.63, 3.8) is 0 Å². The number of hydrogen-bond donors (Lipinski definition) is 1. The van der Waals surface area contributed by atoms with Crippen LogP contribution < -0.4 is 0 Å². The van der Waals surface area contributed by atoms with Gasteiger partial charge in [-0.2, -0.15) is 0 Å². The van der Waals surface area contributed by atoms with Gasteiger partial charge in [-0.1, -0.05) is 0 Å². The summed E-state index contributed by atoms with van der Waals surface area (Å²) in [6.07, 6.45) is 2.05. The highest BCUT2D eigenvalue weighted by Crippen LogP contribution is 2.33. The van der Waals surface area contributed by atoms with Crippen LogP contribution in [0.5, 0.6) is 0 Å². The summed E-state index contributed by atoms with van der Waals surface area (Å²) in [5, 5.41) is 9.60. The zero-order chi connectivity index (χ0) is 9.41. The first-order chi connectivity index (χ1) is 5.37. The maximum atomic E-state index is 10.6. The van der Waals surface area contributed by atoms with Crippen molar-refractivity contribution in [2.45, 2.75) is 50.9 Å². The van der Waals surface area contributed by atoms with Crippen LogP contribution in [0.15, 0.2) is 0 Å². The first-order valence-electron chi connectivity index (χ1n) is 4.24. The maximum absolute atomic E-state index is 10.6. The van der Waals surface area contributed by atoms with E-state index in [4.69, 9.17) is 4.74 Å². The molecule has 3 heteroatoms. The van der Waals surface area contributed by atoms with E-state index in [2.05, 4.69) is 0 Å². The molecule has 1 fully saturated rings. The van der Waals surface area contributed by atoms with Gasteiger partial charge in [-0.05, 0) is 33.6 Å². The second-order valence-corrected chi connectivity index (χ2v) is 4.23. The fourth-order valence-electron chi connectivity index (χ4n) is 1.44. The predicted octanol–water partition coefficient (Wildman–Crippen LogP) is 0.894. The summed E-state index contributed by atoms with van der Waals surface area (Å²) in [5.41, 5.74) is -1.52. The van der Waals surface area contributed by atoms with Gasteiger partial charge in [0.1, 0.15) is 5.60 Å². The molecule has 2 atom stereocenters. The minimum atomic E-state index is -0.846. The van der Waals surface area contributed by atoms with E-state index in [-0.39, 0.29) is 6.10 Å². The molecule has 1 N–H and O–H groups in total. The molecule has 1 aliphatic heterocycles. The first-order valence-corrected chi connectivity index (χ1v) is 4.24. The highest BCUT2D eigenvalue weighted by molar-refractivity contribution is 5.62. The molecule has 0 amide bonds. The molecule has 1 rings (SSSR count). The van der Waals surface area contributed by atoms with Gasteiger partial charge in [0, 0.05) is 0 Å². The Bertz CT molecular complexity index is 183. The van der Waals surface area contributed by atoms with Crippen molar-refractivity contribution in [1.82, 2.24) is 0 Å². The Kier molecular flexibility index (Phi) is 2.27. The van der Waals surface area contributed by atoms with E-state index in [1.165, 1.54) is 0 Å². The molecule has 0 aromatic carbocycles. The molecule has 3 nitrogen and oxygen atoms in total. The summed E-state index contributed by atoms with van der Waals surface area (Å²) in [6, 6.07) is 0. The van der Waals surface area contributed by atoms with E-state index in [1.807, 2.05) is 0 Å². The van der Waals surface area contributed by atoms with Crippen LogP contribution in [-0.2, 0) is 9.53 Å².